The van der Waals surface area contributed by atoms with Crippen molar-refractivity contribution in [3.05, 3.63) is 35.9 Å². The molecule has 0 unspecified atom stereocenters. The lowest BCUT2D eigenvalue weighted by atomic mass is 10.00. The first-order chi connectivity index (χ1) is 9.04. The topological polar surface area (TPSA) is 75.6 Å². The molecule has 0 spiro atoms. The first kappa shape index (κ1) is 15.0. The second kappa shape index (κ2) is 7.41. The Hall–Kier alpha value is -2.04. The Morgan fingerprint density at radius 3 is 2.47 bits per heavy atom. The van der Waals surface area contributed by atoms with Crippen LogP contribution in [0.15, 0.2) is 30.3 Å². The van der Waals surface area contributed by atoms with Crippen molar-refractivity contribution in [2.24, 2.45) is 5.92 Å². The molecule has 1 aromatic rings. The molecule has 0 bridgehead atoms. The van der Waals surface area contributed by atoms with Crippen LogP contribution in [0, 0.1) is 5.92 Å². The zero-order chi connectivity index (χ0) is 14.3. The lowest BCUT2D eigenvalue weighted by molar-refractivity contribution is -0.140. The first-order valence-electron chi connectivity index (χ1n) is 6.24. The molecule has 2 atom stereocenters. The van der Waals surface area contributed by atoms with Gasteiger partial charge in [-0.15, -0.1) is 0 Å². The quantitative estimate of drug-likeness (QED) is 0.828. The van der Waals surface area contributed by atoms with Crippen molar-refractivity contribution >= 4 is 12.1 Å². The van der Waals surface area contributed by atoms with Gasteiger partial charge in [-0.25, -0.2) is 9.59 Å². The summed E-state index contributed by atoms with van der Waals surface area (Å²) in [5, 5.41) is 11.4. The number of hydrogen-bond donors (Lipinski definition) is 2. The van der Waals surface area contributed by atoms with Crippen molar-refractivity contribution < 1.29 is 19.4 Å². The Labute approximate surface area is 112 Å². The summed E-state index contributed by atoms with van der Waals surface area (Å²) < 4.78 is 4.99. The van der Waals surface area contributed by atoms with E-state index in [0.717, 1.165) is 5.56 Å². The van der Waals surface area contributed by atoms with Crippen LogP contribution in [0.4, 0.5) is 4.79 Å². The van der Waals surface area contributed by atoms with Crippen molar-refractivity contribution in [2.75, 3.05) is 0 Å². The van der Waals surface area contributed by atoms with Gasteiger partial charge in [-0.2, -0.15) is 0 Å². The number of alkyl carbamates (subject to hydrolysis) is 1. The summed E-state index contributed by atoms with van der Waals surface area (Å²) in [6, 6.07) is 8.29. The van der Waals surface area contributed by atoms with Gasteiger partial charge in [0.2, 0.25) is 0 Å². The van der Waals surface area contributed by atoms with Gasteiger partial charge in [0.15, 0.2) is 0 Å². The molecule has 19 heavy (non-hydrogen) atoms. The zero-order valence-corrected chi connectivity index (χ0v) is 11.1. The van der Waals surface area contributed by atoms with Crippen LogP contribution in [0.2, 0.25) is 0 Å². The molecule has 0 aliphatic heterocycles. The monoisotopic (exact) mass is 265 g/mol. The van der Waals surface area contributed by atoms with Gasteiger partial charge >= 0.3 is 12.1 Å². The number of hydrogen-bond acceptors (Lipinski definition) is 3. The molecule has 0 aromatic heterocycles. The molecule has 0 radical (unpaired) electrons. The standard InChI is InChI=1S/C14H19NO4/c1-3-10(2)12(13(16)17)15-14(18)19-9-11-7-5-4-6-8-11/h4-8,10,12H,3,9H2,1-2H3,(H,15,18)(H,16,17)/t10-,12+/m0/s1. The molecular formula is C14H19NO4. The van der Waals surface area contributed by atoms with Crippen molar-refractivity contribution in [1.82, 2.24) is 5.32 Å². The summed E-state index contributed by atoms with van der Waals surface area (Å²) in [4.78, 5) is 22.6. The summed E-state index contributed by atoms with van der Waals surface area (Å²) in [6.45, 7) is 3.77. The number of amides is 1. The number of aliphatic carboxylic acids is 1. The van der Waals surface area contributed by atoms with Gasteiger partial charge in [0.25, 0.3) is 0 Å². The SMILES string of the molecule is CC[C@H](C)[C@@H](NC(=O)OCc1ccccc1)C(=O)O. The summed E-state index contributed by atoms with van der Waals surface area (Å²) >= 11 is 0. The van der Waals surface area contributed by atoms with E-state index < -0.39 is 18.1 Å². The van der Waals surface area contributed by atoms with Crippen LogP contribution in [0.1, 0.15) is 25.8 Å². The van der Waals surface area contributed by atoms with E-state index >= 15 is 0 Å². The van der Waals surface area contributed by atoms with E-state index in [-0.39, 0.29) is 12.5 Å². The van der Waals surface area contributed by atoms with Crippen LogP contribution in [0.25, 0.3) is 0 Å². The molecule has 0 saturated heterocycles. The highest BCUT2D eigenvalue weighted by Crippen LogP contribution is 2.08. The Balaban J connectivity index is 2.47. The van der Waals surface area contributed by atoms with Crippen LogP contribution in [-0.4, -0.2) is 23.2 Å². The third kappa shape index (κ3) is 4.99. The van der Waals surface area contributed by atoms with E-state index in [9.17, 15) is 9.59 Å². The van der Waals surface area contributed by atoms with Crippen LogP contribution >= 0.6 is 0 Å². The average Bonchev–Trinajstić information content (AvgIpc) is 2.42. The summed E-state index contributed by atoms with van der Waals surface area (Å²) in [5.74, 6) is -1.20. The van der Waals surface area contributed by atoms with Crippen LogP contribution in [0.3, 0.4) is 0 Å². The Morgan fingerprint density at radius 2 is 1.95 bits per heavy atom. The number of carboxylic acid groups (broad SMARTS) is 1. The number of ether oxygens (including phenoxy) is 1. The third-order valence-corrected chi connectivity index (χ3v) is 2.97. The number of nitrogens with one attached hydrogen (secondary N) is 1. The molecule has 0 saturated carbocycles. The minimum atomic E-state index is -1.05. The normalized spacial score (nSPS) is 13.4. The Kier molecular flexibility index (Phi) is 5.85. The van der Waals surface area contributed by atoms with E-state index in [1.807, 2.05) is 37.3 Å². The van der Waals surface area contributed by atoms with Crippen LogP contribution in [-0.2, 0) is 16.1 Å². The van der Waals surface area contributed by atoms with Crippen molar-refractivity contribution in [1.29, 1.82) is 0 Å². The molecule has 104 valence electrons. The number of carbonyl (C=O) groups excluding carboxylic acids is 1. The predicted molar refractivity (Wildman–Crippen MR) is 70.6 cm³/mol. The molecule has 2 N–H and O–H groups in total. The maximum Gasteiger partial charge on any atom is 0.408 e. The van der Waals surface area contributed by atoms with Gasteiger partial charge in [0.05, 0.1) is 0 Å². The lowest BCUT2D eigenvalue weighted by Crippen LogP contribution is -2.45. The molecule has 5 heteroatoms. The van der Waals surface area contributed by atoms with Crippen molar-refractivity contribution in [3.63, 3.8) is 0 Å². The largest absolute Gasteiger partial charge is 0.480 e. The number of rotatable bonds is 6. The number of carbonyl (C=O) groups is 2. The third-order valence-electron chi connectivity index (χ3n) is 2.97. The molecule has 0 heterocycles. The first-order valence-corrected chi connectivity index (χ1v) is 6.24. The van der Waals surface area contributed by atoms with E-state index in [2.05, 4.69) is 5.32 Å². The summed E-state index contributed by atoms with van der Waals surface area (Å²) in [7, 11) is 0. The highest BCUT2D eigenvalue weighted by molar-refractivity contribution is 5.80. The maximum atomic E-state index is 11.6. The van der Waals surface area contributed by atoms with Gasteiger partial charge in [0.1, 0.15) is 12.6 Å². The van der Waals surface area contributed by atoms with E-state index in [4.69, 9.17) is 9.84 Å². The van der Waals surface area contributed by atoms with E-state index in [1.165, 1.54) is 0 Å². The number of benzene rings is 1. The average molecular weight is 265 g/mol. The minimum absolute atomic E-state index is 0.125. The number of carboxylic acids is 1. The summed E-state index contributed by atoms with van der Waals surface area (Å²) in [6.07, 6.45) is -0.0489. The molecule has 1 aromatic carbocycles. The molecule has 1 amide bonds. The zero-order valence-electron chi connectivity index (χ0n) is 11.1. The molecule has 1 rings (SSSR count). The van der Waals surface area contributed by atoms with Gasteiger partial charge in [-0.05, 0) is 11.5 Å². The van der Waals surface area contributed by atoms with Crippen LogP contribution in [0.5, 0.6) is 0 Å². The minimum Gasteiger partial charge on any atom is -0.480 e. The van der Waals surface area contributed by atoms with Gasteiger partial charge in [0, 0.05) is 0 Å². The summed E-state index contributed by atoms with van der Waals surface area (Å²) in [5.41, 5.74) is 0.855. The molecule has 0 aliphatic rings. The van der Waals surface area contributed by atoms with Crippen molar-refractivity contribution in [3.8, 4) is 0 Å². The smallest absolute Gasteiger partial charge is 0.408 e. The van der Waals surface area contributed by atoms with Crippen molar-refractivity contribution in [2.45, 2.75) is 32.9 Å². The van der Waals surface area contributed by atoms with E-state index in [1.54, 1.807) is 6.92 Å². The predicted octanol–water partition coefficient (Wildman–Crippen LogP) is 2.41. The fourth-order valence-corrected chi connectivity index (χ4v) is 1.57. The van der Waals surface area contributed by atoms with Crippen LogP contribution < -0.4 is 5.32 Å². The molecule has 0 aliphatic carbocycles. The highest BCUT2D eigenvalue weighted by atomic mass is 16.5. The second-order valence-corrected chi connectivity index (χ2v) is 4.41. The Bertz CT molecular complexity index is 419. The lowest BCUT2D eigenvalue weighted by Gasteiger charge is -2.19. The molecule has 5 nitrogen and oxygen atoms in total. The van der Waals surface area contributed by atoms with Gasteiger partial charge < -0.3 is 15.2 Å². The van der Waals surface area contributed by atoms with Gasteiger partial charge in [-0.3, -0.25) is 0 Å². The van der Waals surface area contributed by atoms with E-state index in [0.29, 0.717) is 6.42 Å². The second-order valence-electron chi connectivity index (χ2n) is 4.41. The fourth-order valence-electron chi connectivity index (χ4n) is 1.57. The maximum absolute atomic E-state index is 11.6. The highest BCUT2D eigenvalue weighted by Gasteiger charge is 2.25. The Morgan fingerprint density at radius 1 is 1.32 bits per heavy atom. The van der Waals surface area contributed by atoms with Gasteiger partial charge in [-0.1, -0.05) is 50.6 Å². The molecular weight excluding hydrogens is 246 g/mol. The molecule has 0 fully saturated rings. The fraction of sp³-hybridized carbons (Fsp3) is 0.429.